The van der Waals surface area contributed by atoms with Gasteiger partial charge in [0.2, 0.25) is 0 Å². The van der Waals surface area contributed by atoms with Gasteiger partial charge in [0.05, 0.1) is 0 Å². The second kappa shape index (κ2) is 6.56. The van der Waals surface area contributed by atoms with Gasteiger partial charge in [0.1, 0.15) is 16.2 Å². The van der Waals surface area contributed by atoms with Crippen molar-refractivity contribution in [3.63, 3.8) is 0 Å². The number of benzene rings is 1. The Morgan fingerprint density at radius 1 is 0.957 bits per heavy atom. The minimum atomic E-state index is 0.904. The van der Waals surface area contributed by atoms with Crippen LogP contribution < -0.4 is 0 Å². The van der Waals surface area contributed by atoms with E-state index in [0.717, 1.165) is 23.9 Å². The van der Waals surface area contributed by atoms with E-state index in [1.165, 1.54) is 10.4 Å². The summed E-state index contributed by atoms with van der Waals surface area (Å²) in [4.78, 5) is 11.0. The van der Waals surface area contributed by atoms with Gasteiger partial charge in [-0.15, -0.1) is 21.5 Å². The summed E-state index contributed by atoms with van der Waals surface area (Å²) in [6.45, 7) is 0. The van der Waals surface area contributed by atoms with Crippen LogP contribution in [0.15, 0.2) is 56.4 Å². The smallest absolute Gasteiger partial charge is 0.181 e. The van der Waals surface area contributed by atoms with E-state index in [2.05, 4.69) is 38.4 Å². The largest absolute Gasteiger partial charge is 0.229 e. The van der Waals surface area contributed by atoms with Crippen LogP contribution in [0.25, 0.3) is 20.7 Å². The van der Waals surface area contributed by atoms with Gasteiger partial charge in [-0.05, 0) is 29.6 Å². The molecule has 4 rings (SSSR count). The van der Waals surface area contributed by atoms with Gasteiger partial charge >= 0.3 is 0 Å². The van der Waals surface area contributed by atoms with Crippen LogP contribution in [0, 0.1) is 0 Å². The van der Waals surface area contributed by atoms with Crippen LogP contribution in [0.4, 0.5) is 0 Å². The number of hydrogen-bond acceptors (Lipinski definition) is 8. The van der Waals surface area contributed by atoms with E-state index in [0.29, 0.717) is 0 Å². The van der Waals surface area contributed by atoms with Gasteiger partial charge in [-0.1, -0.05) is 53.4 Å². The number of aromatic nitrogens is 4. The lowest BCUT2D eigenvalue weighted by atomic mass is 10.2. The van der Waals surface area contributed by atoms with Crippen molar-refractivity contribution < 1.29 is 0 Å². The van der Waals surface area contributed by atoms with Gasteiger partial charge < -0.3 is 0 Å². The average Bonchev–Trinajstić information content (AvgIpc) is 3.22. The fourth-order valence-electron chi connectivity index (χ4n) is 2.06. The first-order valence-electron chi connectivity index (χ1n) is 6.69. The van der Waals surface area contributed by atoms with Crippen molar-refractivity contribution in [1.29, 1.82) is 0 Å². The van der Waals surface area contributed by atoms with Crippen LogP contribution >= 0.6 is 46.2 Å². The lowest BCUT2D eigenvalue weighted by Crippen LogP contribution is -1.82. The SMILES string of the molecule is CSc1nnc(Sc2ncnc3sc(-c4ccccc4)cc23)s1. The molecule has 0 aliphatic heterocycles. The average molecular weight is 375 g/mol. The Morgan fingerprint density at radius 2 is 1.78 bits per heavy atom. The molecule has 0 unspecified atom stereocenters. The zero-order valence-corrected chi connectivity index (χ0v) is 15.2. The molecule has 23 heavy (non-hydrogen) atoms. The highest BCUT2D eigenvalue weighted by Crippen LogP contribution is 2.39. The molecule has 0 fully saturated rings. The maximum absolute atomic E-state index is 4.43. The summed E-state index contributed by atoms with van der Waals surface area (Å²) >= 11 is 6.42. The lowest BCUT2D eigenvalue weighted by molar-refractivity contribution is 0.954. The van der Waals surface area contributed by atoms with Crippen molar-refractivity contribution in [3.8, 4) is 10.4 Å². The molecule has 0 N–H and O–H groups in total. The van der Waals surface area contributed by atoms with E-state index in [4.69, 9.17) is 0 Å². The van der Waals surface area contributed by atoms with Crippen molar-refractivity contribution in [1.82, 2.24) is 20.2 Å². The van der Waals surface area contributed by atoms with Gasteiger partial charge in [0, 0.05) is 10.3 Å². The normalized spacial score (nSPS) is 11.2. The first-order valence-corrected chi connectivity index (χ1v) is 10.4. The van der Waals surface area contributed by atoms with Gasteiger partial charge in [0.25, 0.3) is 0 Å². The molecule has 4 nitrogen and oxygen atoms in total. The molecule has 3 aromatic heterocycles. The summed E-state index contributed by atoms with van der Waals surface area (Å²) in [6.07, 6.45) is 3.62. The summed E-state index contributed by atoms with van der Waals surface area (Å²) in [5.74, 6) is 0. The van der Waals surface area contributed by atoms with E-state index in [1.807, 2.05) is 24.5 Å². The number of thioether (sulfide) groups is 1. The molecule has 8 heteroatoms. The van der Waals surface area contributed by atoms with Gasteiger partial charge in [0.15, 0.2) is 8.68 Å². The minimum absolute atomic E-state index is 0.904. The van der Waals surface area contributed by atoms with Crippen LogP contribution in [-0.4, -0.2) is 26.4 Å². The van der Waals surface area contributed by atoms with Crippen molar-refractivity contribution in [2.24, 2.45) is 0 Å². The Morgan fingerprint density at radius 3 is 2.57 bits per heavy atom. The third-order valence-electron chi connectivity index (χ3n) is 3.10. The van der Waals surface area contributed by atoms with Crippen molar-refractivity contribution in [2.45, 2.75) is 13.7 Å². The molecule has 0 spiro atoms. The van der Waals surface area contributed by atoms with Crippen LogP contribution in [0.3, 0.4) is 0 Å². The fourth-order valence-corrected chi connectivity index (χ4v) is 5.55. The van der Waals surface area contributed by atoms with Crippen LogP contribution in [0.2, 0.25) is 0 Å². The van der Waals surface area contributed by atoms with Crippen molar-refractivity contribution >= 4 is 56.4 Å². The molecular formula is C15H10N4S4. The maximum atomic E-state index is 4.43. The summed E-state index contributed by atoms with van der Waals surface area (Å²) in [5, 5.41) is 10.3. The van der Waals surface area contributed by atoms with Crippen LogP contribution in [0.5, 0.6) is 0 Å². The number of nitrogens with zero attached hydrogens (tertiary/aromatic N) is 4. The zero-order valence-electron chi connectivity index (χ0n) is 12.0. The topological polar surface area (TPSA) is 51.6 Å². The predicted octanol–water partition coefficient (Wildman–Crippen LogP) is 5.08. The van der Waals surface area contributed by atoms with E-state index in [9.17, 15) is 0 Å². The Bertz CT molecular complexity index is 948. The monoisotopic (exact) mass is 374 g/mol. The minimum Gasteiger partial charge on any atom is -0.229 e. The molecule has 1 aromatic carbocycles. The Kier molecular flexibility index (Phi) is 4.30. The van der Waals surface area contributed by atoms with E-state index < -0.39 is 0 Å². The first kappa shape index (κ1) is 15.1. The number of thiophene rings is 1. The third kappa shape index (κ3) is 3.12. The summed E-state index contributed by atoms with van der Waals surface area (Å²) in [6, 6.07) is 12.5. The maximum Gasteiger partial charge on any atom is 0.181 e. The third-order valence-corrected chi connectivity index (χ3v) is 7.16. The Balaban J connectivity index is 1.74. The number of rotatable bonds is 4. The molecule has 0 aliphatic rings. The molecule has 3 heterocycles. The van der Waals surface area contributed by atoms with Crippen molar-refractivity contribution in [2.75, 3.05) is 6.26 Å². The van der Waals surface area contributed by atoms with Crippen LogP contribution in [0.1, 0.15) is 0 Å². The van der Waals surface area contributed by atoms with E-state index in [-0.39, 0.29) is 0 Å². The molecule has 0 aliphatic carbocycles. The number of fused-ring (bicyclic) bond motifs is 1. The highest BCUT2D eigenvalue weighted by Gasteiger charge is 2.13. The second-order valence-corrected chi connectivity index (χ2v) is 8.81. The van der Waals surface area contributed by atoms with E-state index >= 15 is 0 Å². The quantitative estimate of drug-likeness (QED) is 0.367. The van der Waals surface area contributed by atoms with Crippen molar-refractivity contribution in [3.05, 3.63) is 42.7 Å². The molecule has 0 amide bonds. The predicted molar refractivity (Wildman–Crippen MR) is 98.7 cm³/mol. The molecule has 4 aromatic rings. The molecule has 0 radical (unpaired) electrons. The highest BCUT2D eigenvalue weighted by molar-refractivity contribution is 8.03. The highest BCUT2D eigenvalue weighted by atomic mass is 32.2. The Labute approximate surface area is 149 Å². The molecule has 114 valence electrons. The summed E-state index contributed by atoms with van der Waals surface area (Å²) in [5.41, 5.74) is 1.20. The zero-order chi connectivity index (χ0) is 15.6. The van der Waals surface area contributed by atoms with E-state index in [1.54, 1.807) is 52.5 Å². The lowest BCUT2D eigenvalue weighted by Gasteiger charge is -1.97. The van der Waals surface area contributed by atoms with Gasteiger partial charge in [-0.25, -0.2) is 9.97 Å². The van der Waals surface area contributed by atoms with Crippen LogP contribution in [-0.2, 0) is 0 Å². The molecule has 0 saturated carbocycles. The molecule has 0 saturated heterocycles. The van der Waals surface area contributed by atoms with Gasteiger partial charge in [-0.3, -0.25) is 0 Å². The Hall–Kier alpha value is -1.48. The standard InChI is InChI=1S/C15H10N4S4/c1-20-14-18-19-15(23-14)22-13-10-7-11(9-5-3-2-4-6-9)21-12(10)16-8-17-13/h2-8H,1H3. The van der Waals surface area contributed by atoms with Gasteiger partial charge in [-0.2, -0.15) is 0 Å². The molecular weight excluding hydrogens is 364 g/mol. The molecule has 0 bridgehead atoms. The molecule has 0 atom stereocenters. The summed E-state index contributed by atoms with van der Waals surface area (Å²) in [7, 11) is 0. The fraction of sp³-hybridized carbons (Fsp3) is 0.0667. The second-order valence-electron chi connectivity index (χ2n) is 4.51. The first-order chi connectivity index (χ1) is 11.3. The number of hydrogen-bond donors (Lipinski definition) is 0. The summed E-state index contributed by atoms with van der Waals surface area (Å²) < 4.78 is 1.87.